The van der Waals surface area contributed by atoms with E-state index in [4.69, 9.17) is 9.47 Å². The Morgan fingerprint density at radius 1 is 1.23 bits per heavy atom. The minimum atomic E-state index is -4.48. The summed E-state index contributed by atoms with van der Waals surface area (Å²) in [5.41, 5.74) is 0.00779. The number of benzene rings is 1. The van der Waals surface area contributed by atoms with Crippen molar-refractivity contribution in [2.75, 3.05) is 32.9 Å². The third-order valence-electron chi connectivity index (χ3n) is 4.85. The molecular formula is C20H18F3N3O4S. The number of ether oxygens (including phenoxy) is 2. The number of carbonyl (C=O) groups is 2. The average molecular weight is 453 g/mol. The Hall–Kier alpha value is -2.92. The lowest BCUT2D eigenvalue weighted by Gasteiger charge is -2.26. The highest BCUT2D eigenvalue weighted by atomic mass is 32.1. The summed E-state index contributed by atoms with van der Waals surface area (Å²) in [6.45, 7) is 3.11. The van der Waals surface area contributed by atoms with E-state index < -0.39 is 17.7 Å². The summed E-state index contributed by atoms with van der Waals surface area (Å²) in [5, 5.41) is 4.95. The Kier molecular flexibility index (Phi) is 5.71. The molecule has 0 unspecified atom stereocenters. The van der Waals surface area contributed by atoms with Gasteiger partial charge in [0.1, 0.15) is 9.71 Å². The van der Waals surface area contributed by atoms with Gasteiger partial charge in [-0.25, -0.2) is 9.48 Å². The number of morpholine rings is 1. The van der Waals surface area contributed by atoms with Crippen LogP contribution in [0.3, 0.4) is 0 Å². The summed E-state index contributed by atoms with van der Waals surface area (Å²) in [7, 11) is 0. The van der Waals surface area contributed by atoms with Crippen LogP contribution in [0, 0.1) is 6.92 Å². The third kappa shape index (κ3) is 4.42. The van der Waals surface area contributed by atoms with E-state index in [-0.39, 0.29) is 23.1 Å². The molecule has 0 atom stereocenters. The second-order valence-electron chi connectivity index (χ2n) is 6.94. The number of hydrogen-bond donors (Lipinski definition) is 0. The van der Waals surface area contributed by atoms with Crippen molar-refractivity contribution in [1.82, 2.24) is 14.7 Å². The fraction of sp³-hybridized carbons (Fsp3) is 0.350. The van der Waals surface area contributed by atoms with Gasteiger partial charge in [0, 0.05) is 18.5 Å². The number of carbonyl (C=O) groups excluding carboxylic acids is 2. The molecule has 164 valence electrons. The number of aryl methyl sites for hydroxylation is 1. The number of rotatable bonds is 4. The summed E-state index contributed by atoms with van der Waals surface area (Å²) < 4.78 is 50.9. The summed E-state index contributed by atoms with van der Waals surface area (Å²) in [4.78, 5) is 26.9. The van der Waals surface area contributed by atoms with Crippen molar-refractivity contribution in [3.05, 3.63) is 46.5 Å². The second kappa shape index (κ2) is 8.31. The topological polar surface area (TPSA) is 73.7 Å². The van der Waals surface area contributed by atoms with Gasteiger partial charge in [0.2, 0.25) is 0 Å². The molecule has 1 aromatic carbocycles. The van der Waals surface area contributed by atoms with Gasteiger partial charge in [-0.1, -0.05) is 6.07 Å². The zero-order valence-corrected chi connectivity index (χ0v) is 17.3. The number of amides is 1. The fourth-order valence-electron chi connectivity index (χ4n) is 3.24. The van der Waals surface area contributed by atoms with Gasteiger partial charge in [-0.05, 0) is 31.2 Å². The van der Waals surface area contributed by atoms with E-state index in [1.54, 1.807) is 17.9 Å². The maximum atomic E-state index is 13.1. The molecular weight excluding hydrogens is 435 g/mol. The number of alkyl halides is 3. The number of esters is 1. The molecule has 0 spiro atoms. The van der Waals surface area contributed by atoms with E-state index >= 15 is 0 Å². The average Bonchev–Trinajstić information content (AvgIpc) is 3.32. The zero-order valence-electron chi connectivity index (χ0n) is 16.4. The second-order valence-corrected chi connectivity index (χ2v) is 7.97. The summed E-state index contributed by atoms with van der Waals surface area (Å²) in [5.74, 6) is -0.970. The predicted molar refractivity (Wildman–Crippen MR) is 106 cm³/mol. The molecule has 31 heavy (non-hydrogen) atoms. The predicted octanol–water partition coefficient (Wildman–Crippen LogP) is 3.43. The van der Waals surface area contributed by atoms with Gasteiger partial charge in [-0.15, -0.1) is 11.3 Å². The largest absolute Gasteiger partial charge is 0.451 e. The summed E-state index contributed by atoms with van der Waals surface area (Å²) >= 11 is 1.05. The first-order valence-corrected chi connectivity index (χ1v) is 10.2. The van der Waals surface area contributed by atoms with Crippen LogP contribution in [-0.4, -0.2) is 59.5 Å². The molecule has 0 radical (unpaired) electrons. The number of hydrogen-bond acceptors (Lipinski definition) is 6. The maximum Gasteiger partial charge on any atom is 0.416 e. The molecule has 2 aromatic heterocycles. The number of aromatic nitrogens is 2. The molecule has 3 aromatic rings. The molecule has 7 nitrogen and oxygen atoms in total. The van der Waals surface area contributed by atoms with Crippen LogP contribution >= 0.6 is 11.3 Å². The van der Waals surface area contributed by atoms with Gasteiger partial charge in [0.15, 0.2) is 6.61 Å². The van der Waals surface area contributed by atoms with Crippen molar-refractivity contribution < 1.29 is 32.2 Å². The first-order valence-electron chi connectivity index (χ1n) is 9.43. The van der Waals surface area contributed by atoms with Crippen molar-refractivity contribution in [3.63, 3.8) is 0 Å². The standard InChI is InChI=1S/C20H18F3N3O4S/c1-12-15-10-16(19(28)30-11-17(27)25-5-7-29-8-6-25)31-18(15)26(24-12)14-4-2-3-13(9-14)20(21,22)23/h2-4,9-10H,5-8,11H2,1H3. The Morgan fingerprint density at radius 2 is 1.97 bits per heavy atom. The quantitative estimate of drug-likeness (QED) is 0.566. The molecule has 0 N–H and O–H groups in total. The van der Waals surface area contributed by atoms with Crippen LogP contribution in [0.4, 0.5) is 13.2 Å². The van der Waals surface area contributed by atoms with Crippen molar-refractivity contribution >= 4 is 33.4 Å². The highest BCUT2D eigenvalue weighted by molar-refractivity contribution is 7.20. The lowest BCUT2D eigenvalue weighted by atomic mass is 10.2. The Balaban J connectivity index is 1.55. The van der Waals surface area contributed by atoms with E-state index in [1.165, 1.54) is 16.8 Å². The Morgan fingerprint density at radius 3 is 2.68 bits per heavy atom. The van der Waals surface area contributed by atoms with Gasteiger partial charge in [-0.2, -0.15) is 18.3 Å². The van der Waals surface area contributed by atoms with Crippen molar-refractivity contribution in [2.24, 2.45) is 0 Å². The SMILES string of the molecule is Cc1nn(-c2cccc(C(F)(F)F)c2)c2sc(C(=O)OCC(=O)N3CCOCC3)cc12. The van der Waals surface area contributed by atoms with Crippen LogP contribution in [0.25, 0.3) is 15.9 Å². The smallest absolute Gasteiger partial charge is 0.416 e. The normalized spacial score (nSPS) is 14.8. The monoisotopic (exact) mass is 453 g/mol. The molecule has 3 heterocycles. The minimum absolute atomic E-state index is 0.234. The molecule has 0 aliphatic carbocycles. The third-order valence-corrected chi connectivity index (χ3v) is 5.95. The molecule has 0 bridgehead atoms. The van der Waals surface area contributed by atoms with Crippen LogP contribution < -0.4 is 0 Å². The highest BCUT2D eigenvalue weighted by Crippen LogP contribution is 2.34. The fourth-order valence-corrected chi connectivity index (χ4v) is 4.32. The minimum Gasteiger partial charge on any atom is -0.451 e. The molecule has 1 amide bonds. The van der Waals surface area contributed by atoms with E-state index in [9.17, 15) is 22.8 Å². The first-order chi connectivity index (χ1) is 14.7. The Labute approximate surface area is 179 Å². The maximum absolute atomic E-state index is 13.1. The molecule has 1 aliphatic rings. The molecule has 1 aliphatic heterocycles. The van der Waals surface area contributed by atoms with Crippen LogP contribution in [0.1, 0.15) is 20.9 Å². The number of halogens is 3. The van der Waals surface area contributed by atoms with Crippen LogP contribution in [0.5, 0.6) is 0 Å². The lowest BCUT2D eigenvalue weighted by molar-refractivity contribution is -0.138. The highest BCUT2D eigenvalue weighted by Gasteiger charge is 2.31. The molecule has 0 saturated carbocycles. The molecule has 4 rings (SSSR count). The van der Waals surface area contributed by atoms with E-state index in [0.29, 0.717) is 42.2 Å². The van der Waals surface area contributed by atoms with Gasteiger partial charge in [-0.3, -0.25) is 4.79 Å². The van der Waals surface area contributed by atoms with E-state index in [2.05, 4.69) is 5.10 Å². The van der Waals surface area contributed by atoms with Crippen molar-refractivity contribution in [2.45, 2.75) is 13.1 Å². The number of nitrogens with zero attached hydrogens (tertiary/aromatic N) is 3. The lowest BCUT2D eigenvalue weighted by Crippen LogP contribution is -2.42. The van der Waals surface area contributed by atoms with Crippen LogP contribution in [0.15, 0.2) is 30.3 Å². The van der Waals surface area contributed by atoms with E-state index in [0.717, 1.165) is 23.5 Å². The van der Waals surface area contributed by atoms with Gasteiger partial charge in [0.05, 0.1) is 30.2 Å². The van der Waals surface area contributed by atoms with Crippen molar-refractivity contribution in [1.29, 1.82) is 0 Å². The van der Waals surface area contributed by atoms with Crippen LogP contribution in [-0.2, 0) is 20.4 Å². The molecule has 1 fully saturated rings. The Bertz CT molecular complexity index is 1130. The van der Waals surface area contributed by atoms with Crippen molar-refractivity contribution in [3.8, 4) is 5.69 Å². The van der Waals surface area contributed by atoms with Crippen LogP contribution in [0.2, 0.25) is 0 Å². The summed E-state index contributed by atoms with van der Waals surface area (Å²) in [6, 6.07) is 6.39. The number of thiophene rings is 1. The van der Waals surface area contributed by atoms with Gasteiger partial charge >= 0.3 is 12.1 Å². The summed E-state index contributed by atoms with van der Waals surface area (Å²) in [6.07, 6.45) is -4.48. The van der Waals surface area contributed by atoms with E-state index in [1.807, 2.05) is 0 Å². The molecule has 11 heteroatoms. The zero-order chi connectivity index (χ0) is 22.2. The first kappa shape index (κ1) is 21.3. The number of fused-ring (bicyclic) bond motifs is 1. The molecule has 1 saturated heterocycles. The van der Waals surface area contributed by atoms with Gasteiger partial charge < -0.3 is 14.4 Å². The van der Waals surface area contributed by atoms with Gasteiger partial charge in [0.25, 0.3) is 5.91 Å².